The zero-order valence-corrected chi connectivity index (χ0v) is 75.1. The number of hydrogen-bond donors (Lipinski definition) is 2. The van der Waals surface area contributed by atoms with Crippen molar-refractivity contribution in [3.63, 3.8) is 0 Å². The number of nitrogens with one attached hydrogen (secondary N) is 1. The van der Waals surface area contributed by atoms with E-state index >= 15 is 0 Å². The first-order valence-corrected chi connectivity index (χ1v) is 34.5. The van der Waals surface area contributed by atoms with Crippen molar-refractivity contribution in [3.8, 4) is 67.9 Å². The number of anilines is 3. The molecule has 0 aliphatic carbocycles. The molecule has 1 saturated heterocycles. The van der Waals surface area contributed by atoms with Gasteiger partial charge < -0.3 is 41.7 Å². The van der Waals surface area contributed by atoms with Crippen LogP contribution in [-0.4, -0.2) is 141 Å². The van der Waals surface area contributed by atoms with Crippen molar-refractivity contribution < 1.29 is 209 Å². The molecule has 3 N–H and O–H groups in total. The van der Waals surface area contributed by atoms with Crippen LogP contribution in [0.4, 0.5) is 43.4 Å². The van der Waals surface area contributed by atoms with Crippen molar-refractivity contribution in [1.82, 2.24) is 59.2 Å². The molecule has 0 saturated carbocycles. The molecule has 27 nitrogen and oxygen atoms in total. The Labute approximate surface area is 778 Å². The molecule has 1 fully saturated rings. The van der Waals surface area contributed by atoms with Crippen LogP contribution in [0, 0.1) is 34.9 Å². The molecule has 0 radical (unpaired) electrons. The number of benzene rings is 6. The van der Waals surface area contributed by atoms with Crippen LogP contribution >= 0.6 is 34.8 Å². The van der Waals surface area contributed by atoms with Crippen LogP contribution in [0.25, 0.3) is 67.9 Å². The predicted molar refractivity (Wildman–Crippen MR) is 400 cm³/mol. The summed E-state index contributed by atoms with van der Waals surface area (Å²) in [5, 5.41) is 23.4. The van der Waals surface area contributed by atoms with Gasteiger partial charge in [0.05, 0.1) is 111 Å². The van der Waals surface area contributed by atoms with E-state index in [0.717, 1.165) is 70.3 Å². The van der Waals surface area contributed by atoms with Crippen LogP contribution < -0.4 is 176 Å². The van der Waals surface area contributed by atoms with Gasteiger partial charge in [0.15, 0.2) is 17.5 Å². The van der Waals surface area contributed by atoms with Crippen molar-refractivity contribution >= 4 is 75.4 Å². The molecule has 0 bridgehead atoms. The van der Waals surface area contributed by atoms with Gasteiger partial charge in [0.25, 0.3) is 29.1 Å². The zero-order chi connectivity index (χ0) is 80.1. The molecule has 1 aliphatic rings. The summed E-state index contributed by atoms with van der Waals surface area (Å²) in [6.07, 6.45) is 9.16. The summed E-state index contributed by atoms with van der Waals surface area (Å²) in [5.41, 5.74) is 12.0. The predicted octanol–water partition coefficient (Wildman–Crippen LogP) is 3.78. The minimum atomic E-state index is -0.734. The molecule has 12 aromatic rings. The summed E-state index contributed by atoms with van der Waals surface area (Å²) in [6, 6.07) is 39.3. The average Bonchev–Trinajstić information content (AvgIpc) is 0.825. The molecule has 114 heavy (non-hydrogen) atoms. The number of nitrogen functional groups attached to an aromatic ring is 1. The Morgan fingerprint density at radius 2 is 0.860 bits per heavy atom. The summed E-state index contributed by atoms with van der Waals surface area (Å²) in [4.78, 5) is 109. The molecule has 38 heteroatoms. The van der Waals surface area contributed by atoms with E-state index in [9.17, 15) is 55.1 Å². The average molecular weight is 1860 g/mol. The number of hydrogen-bond acceptors (Lipinski definition) is 22. The number of nitrogens with two attached hydrogens (primary N) is 1. The summed E-state index contributed by atoms with van der Waals surface area (Å²) < 4.78 is 100. The molecule has 6 aromatic carbocycles. The normalized spacial score (nSPS) is 11.2. The SMILES string of the molecule is Nc1cnc(-c2cccc(Cn3nc(-c4cc(F)cc(F)c4)ccc3=O)c2)nc1.O=C(COCCCl)Nc1cnc(-c2cccc(Cn3nc(-c4cc(F)cc(F)c4)ccc3=O)c2)nc1.O=C(Cl)COCCCl.O=C1COCCN1c1cnc(-c2cccc(Cn3nc(-c4cc(F)cc(F)c4)ccc3=O)c2)nc1.O=CO[O-].[Cs+].[Cs+].[H-]. The van der Waals surface area contributed by atoms with Gasteiger partial charge >= 0.3 is 138 Å². The molecule has 0 spiro atoms. The van der Waals surface area contributed by atoms with Gasteiger partial charge in [-0.25, -0.2) is 70.3 Å². The fourth-order valence-corrected chi connectivity index (χ4v) is 10.5. The molecular formula is C76H62Cl3Cs2F6N15O12. The zero-order valence-electron chi connectivity index (χ0n) is 61.3. The van der Waals surface area contributed by atoms with Crippen LogP contribution in [0.5, 0.6) is 0 Å². The van der Waals surface area contributed by atoms with E-state index in [0.29, 0.717) is 77.3 Å². The molecule has 13 rings (SSSR count). The van der Waals surface area contributed by atoms with Gasteiger partial charge in [-0.2, -0.15) is 15.3 Å². The maximum atomic E-state index is 13.6. The Bertz CT molecular complexity index is 5400. The Kier molecular flexibility index (Phi) is 38.6. The number of aromatic nitrogens is 12. The molecule has 578 valence electrons. The summed E-state index contributed by atoms with van der Waals surface area (Å²) in [7, 11) is 0. The van der Waals surface area contributed by atoms with Crippen molar-refractivity contribution in [2.24, 2.45) is 0 Å². The number of rotatable bonds is 23. The molecule has 6 aromatic heterocycles. The maximum absolute atomic E-state index is 13.6. The van der Waals surface area contributed by atoms with E-state index in [1.165, 1.54) is 87.4 Å². The minimum Gasteiger partial charge on any atom is -1.00 e. The van der Waals surface area contributed by atoms with E-state index in [4.69, 9.17) is 60.1 Å². The second-order valence-corrected chi connectivity index (χ2v) is 24.5. The second-order valence-electron chi connectivity index (χ2n) is 23.3. The Hall–Kier alpha value is -8.53. The smallest absolute Gasteiger partial charge is 1.00 e. The van der Waals surface area contributed by atoms with Crippen LogP contribution in [0.3, 0.4) is 0 Å². The number of alkyl halides is 2. The van der Waals surface area contributed by atoms with Gasteiger partial charge in [0.1, 0.15) is 54.7 Å². The van der Waals surface area contributed by atoms with Gasteiger partial charge in [-0.15, -0.1) is 23.2 Å². The first-order chi connectivity index (χ1) is 54.0. The Morgan fingerprint density at radius 1 is 0.509 bits per heavy atom. The van der Waals surface area contributed by atoms with Gasteiger partial charge in [-0.3, -0.25) is 33.6 Å². The van der Waals surface area contributed by atoms with Crippen molar-refractivity contribution in [3.05, 3.63) is 284 Å². The number of amides is 2. The monoisotopic (exact) mass is 1860 g/mol. The summed E-state index contributed by atoms with van der Waals surface area (Å²) >= 11 is 15.6. The Morgan fingerprint density at radius 3 is 1.20 bits per heavy atom. The standard InChI is InChI=1S/C25H20ClF2N5O3.C25H19F2N5O3.C21H15F2N5O.C4H6Cl2O2.CH2O3.2Cs.H/c26-6-7-36-15-23(34)31-21-12-29-25(30-13-21)17-3-1-2-16(8-17)14-33-24(35)5-4-22(32-33)18-9-19(27)11-20(28)10-18;26-19-9-18(10-20(27)11-19)22-4-5-23(33)32(30-22)14-16-2-1-3-17(8-16)25-28-12-21(13-29-25)31-6-7-35-15-24(31)34;22-16-7-15(8-17(23)9-16)19-4-5-20(29)28(27-19)12-13-2-1-3-14(6-13)21-25-10-18(24)11-26-21;5-1-2-8-3-4(6)7;2-1-4-3;;;/h1-5,8-13H,6-7,14-15H2,(H,31,34);1-5,8-13H,6-7,14-15H2;1-11H,12,24H2;1-3H2;1,3H;;;/q;;;;;2*+1;-1/p-1. The van der Waals surface area contributed by atoms with Crippen molar-refractivity contribution in [2.75, 3.05) is 73.9 Å². The third kappa shape index (κ3) is 29.3. The van der Waals surface area contributed by atoms with Gasteiger partial charge in [0, 0.05) is 88.1 Å². The minimum absolute atomic E-state index is 0. The number of morpholine rings is 1. The number of carbonyl (C=O) groups is 4. The molecular weight excluding hydrogens is 1800 g/mol. The van der Waals surface area contributed by atoms with E-state index in [-0.39, 0.29) is 248 Å². The molecule has 7 heterocycles. The number of halogens is 9. The van der Waals surface area contributed by atoms with Crippen LogP contribution in [0.15, 0.2) is 215 Å². The topological polar surface area (TPSA) is 352 Å². The number of carbonyl (C=O) groups excluding carboxylic acids is 4. The molecule has 0 unspecified atom stereocenters. The van der Waals surface area contributed by atoms with Gasteiger partial charge in [-0.05, 0) is 101 Å². The van der Waals surface area contributed by atoms with E-state index in [1.807, 2.05) is 54.6 Å². The second kappa shape index (κ2) is 47.5. The fourth-order valence-electron chi connectivity index (χ4n) is 10.3. The Balaban J connectivity index is 0.000000248. The first-order valence-electron chi connectivity index (χ1n) is 33.0. The van der Waals surface area contributed by atoms with Crippen molar-refractivity contribution in [1.29, 1.82) is 0 Å². The van der Waals surface area contributed by atoms with E-state index < -0.39 is 40.1 Å². The van der Waals surface area contributed by atoms with E-state index in [2.05, 4.69) is 60.1 Å². The third-order valence-corrected chi connectivity index (χ3v) is 15.5. The quantitative estimate of drug-likeness (QED) is 0.0175. The number of ether oxygens (including phenoxy) is 3. The van der Waals surface area contributed by atoms with Crippen LogP contribution in [0.1, 0.15) is 18.1 Å². The van der Waals surface area contributed by atoms with Gasteiger partial charge in [0.2, 0.25) is 11.1 Å². The molecule has 1 aliphatic heterocycles. The largest absolute Gasteiger partial charge is 1.00 e. The summed E-state index contributed by atoms with van der Waals surface area (Å²) in [6.45, 7) is 1.66. The number of nitrogens with zero attached hydrogens (tertiary/aromatic N) is 13. The van der Waals surface area contributed by atoms with Crippen LogP contribution in [-0.2, 0) is 57.9 Å². The maximum Gasteiger partial charge on any atom is 1.00 e. The van der Waals surface area contributed by atoms with Crippen LogP contribution in [0.2, 0.25) is 0 Å². The molecule has 0 atom stereocenters. The third-order valence-electron chi connectivity index (χ3n) is 15.1. The fraction of sp³-hybridized carbons (Fsp3) is 0.158. The van der Waals surface area contributed by atoms with E-state index in [1.54, 1.807) is 35.5 Å². The van der Waals surface area contributed by atoms with Gasteiger partial charge in [-0.1, -0.05) is 54.6 Å². The summed E-state index contributed by atoms with van der Waals surface area (Å²) in [5.74, 6) is -2.76. The first kappa shape index (κ1) is 92.6. The molecule has 2 amide bonds. The van der Waals surface area contributed by atoms with Crippen molar-refractivity contribution in [2.45, 2.75) is 19.6 Å².